The van der Waals surface area contributed by atoms with Crippen LogP contribution in [0.3, 0.4) is 0 Å². The highest BCUT2D eigenvalue weighted by atomic mass is 15.1. The van der Waals surface area contributed by atoms with E-state index >= 15 is 0 Å². The fraction of sp³-hybridized carbons (Fsp3) is 0.227. The minimum Gasteiger partial charge on any atom is -0.320 e. The van der Waals surface area contributed by atoms with E-state index < -0.39 is 0 Å². The van der Waals surface area contributed by atoms with Gasteiger partial charge in [-0.05, 0) is 48.4 Å². The number of pyridine rings is 1. The molecule has 0 radical (unpaired) electrons. The van der Waals surface area contributed by atoms with Gasteiger partial charge in [0, 0.05) is 55.7 Å². The maximum atomic E-state index is 4.09. The summed E-state index contributed by atoms with van der Waals surface area (Å²) >= 11 is 0. The van der Waals surface area contributed by atoms with Gasteiger partial charge in [-0.25, -0.2) is 0 Å². The zero-order chi connectivity index (χ0) is 17.2. The summed E-state index contributed by atoms with van der Waals surface area (Å²) < 4.78 is 2.37. The standard InChI is InChI=1S/C22H23N3/c1-3-12-24-13-9-22-20(16-24)19-15-17(2)4-5-21(19)25(22)14-8-18-6-10-23-11-7-18/h3-8,10-11,14-15H,1,9,12-13,16H2,2H3/b14-8+. The molecule has 3 heterocycles. The van der Waals surface area contributed by atoms with Gasteiger partial charge in [-0.15, -0.1) is 6.58 Å². The van der Waals surface area contributed by atoms with Crippen molar-refractivity contribution in [3.8, 4) is 0 Å². The molecule has 1 aliphatic rings. The lowest BCUT2D eigenvalue weighted by Gasteiger charge is -2.26. The molecule has 3 aromatic rings. The Balaban J connectivity index is 1.82. The molecule has 0 unspecified atom stereocenters. The largest absolute Gasteiger partial charge is 0.320 e. The summed E-state index contributed by atoms with van der Waals surface area (Å²) in [6.07, 6.45) is 11.1. The molecule has 0 spiro atoms. The maximum Gasteiger partial charge on any atom is 0.0528 e. The van der Waals surface area contributed by atoms with Gasteiger partial charge in [0.25, 0.3) is 0 Å². The van der Waals surface area contributed by atoms with Crippen LogP contribution in [0, 0.1) is 6.92 Å². The van der Waals surface area contributed by atoms with E-state index in [9.17, 15) is 0 Å². The Kier molecular flexibility index (Phi) is 4.24. The lowest BCUT2D eigenvalue weighted by Crippen LogP contribution is -2.30. The van der Waals surface area contributed by atoms with Crippen LogP contribution >= 0.6 is 0 Å². The number of hydrogen-bond donors (Lipinski definition) is 0. The van der Waals surface area contributed by atoms with Crippen LogP contribution in [0.2, 0.25) is 0 Å². The molecule has 3 heteroatoms. The van der Waals surface area contributed by atoms with Crippen molar-refractivity contribution in [3.05, 3.63) is 77.8 Å². The summed E-state index contributed by atoms with van der Waals surface area (Å²) in [6.45, 7) is 9.09. The number of rotatable bonds is 4. The van der Waals surface area contributed by atoms with Crippen LogP contribution < -0.4 is 0 Å². The number of aromatic nitrogens is 2. The minimum atomic E-state index is 0.949. The SMILES string of the molecule is C=CCN1CCc2c(c3cc(C)ccc3n2/C=C/c2ccncc2)C1. The molecule has 0 atom stereocenters. The Morgan fingerprint density at radius 2 is 2.04 bits per heavy atom. The second-order valence-electron chi connectivity index (χ2n) is 6.69. The molecule has 25 heavy (non-hydrogen) atoms. The van der Waals surface area contributed by atoms with Crippen molar-refractivity contribution < 1.29 is 0 Å². The summed E-state index contributed by atoms with van der Waals surface area (Å²) in [6, 6.07) is 10.8. The molecule has 0 aliphatic carbocycles. The highest BCUT2D eigenvalue weighted by Gasteiger charge is 2.22. The van der Waals surface area contributed by atoms with E-state index in [0.29, 0.717) is 0 Å². The van der Waals surface area contributed by atoms with Gasteiger partial charge < -0.3 is 4.57 Å². The molecule has 4 rings (SSSR count). The van der Waals surface area contributed by atoms with Gasteiger partial charge in [-0.1, -0.05) is 17.7 Å². The molecule has 0 saturated heterocycles. The minimum absolute atomic E-state index is 0.949. The van der Waals surface area contributed by atoms with Crippen molar-refractivity contribution in [1.29, 1.82) is 0 Å². The fourth-order valence-corrected chi connectivity index (χ4v) is 3.71. The topological polar surface area (TPSA) is 21.1 Å². The Bertz CT molecular complexity index is 935. The van der Waals surface area contributed by atoms with E-state index in [0.717, 1.165) is 26.1 Å². The lowest BCUT2D eigenvalue weighted by atomic mass is 10.0. The van der Waals surface area contributed by atoms with Crippen molar-refractivity contribution in [1.82, 2.24) is 14.5 Å². The summed E-state index contributed by atoms with van der Waals surface area (Å²) in [7, 11) is 0. The predicted molar refractivity (Wildman–Crippen MR) is 105 cm³/mol. The fourth-order valence-electron chi connectivity index (χ4n) is 3.71. The van der Waals surface area contributed by atoms with Crippen molar-refractivity contribution in [3.63, 3.8) is 0 Å². The van der Waals surface area contributed by atoms with Crippen LogP contribution in [-0.2, 0) is 13.0 Å². The van der Waals surface area contributed by atoms with Crippen LogP contribution in [0.25, 0.3) is 23.2 Å². The zero-order valence-electron chi connectivity index (χ0n) is 14.7. The Morgan fingerprint density at radius 1 is 1.20 bits per heavy atom. The van der Waals surface area contributed by atoms with E-state index in [1.54, 1.807) is 0 Å². The lowest BCUT2D eigenvalue weighted by molar-refractivity contribution is 0.281. The highest BCUT2D eigenvalue weighted by molar-refractivity contribution is 5.89. The number of aryl methyl sites for hydroxylation is 1. The first-order chi connectivity index (χ1) is 12.3. The van der Waals surface area contributed by atoms with Crippen LogP contribution in [0.15, 0.2) is 55.4 Å². The summed E-state index contributed by atoms with van der Waals surface area (Å²) in [5, 5.41) is 1.38. The van der Waals surface area contributed by atoms with Crippen molar-refractivity contribution in [2.75, 3.05) is 13.1 Å². The second-order valence-corrected chi connectivity index (χ2v) is 6.69. The van der Waals surface area contributed by atoms with Crippen molar-refractivity contribution in [2.45, 2.75) is 19.9 Å². The smallest absolute Gasteiger partial charge is 0.0528 e. The first-order valence-electron chi connectivity index (χ1n) is 8.80. The molecule has 0 saturated carbocycles. The molecule has 0 amide bonds. The van der Waals surface area contributed by atoms with Gasteiger partial charge in [0.1, 0.15) is 0 Å². The third-order valence-electron chi connectivity index (χ3n) is 4.93. The normalized spacial score (nSPS) is 14.9. The van der Waals surface area contributed by atoms with Gasteiger partial charge in [-0.3, -0.25) is 9.88 Å². The first-order valence-corrected chi connectivity index (χ1v) is 8.80. The molecule has 3 nitrogen and oxygen atoms in total. The second kappa shape index (κ2) is 6.69. The van der Waals surface area contributed by atoms with Gasteiger partial charge in [0.05, 0.1) is 5.52 Å². The maximum absolute atomic E-state index is 4.09. The molecule has 1 aliphatic heterocycles. The van der Waals surface area contributed by atoms with E-state index in [1.165, 1.54) is 33.3 Å². The zero-order valence-corrected chi connectivity index (χ0v) is 14.7. The average Bonchev–Trinajstić information content (AvgIpc) is 2.94. The highest BCUT2D eigenvalue weighted by Crippen LogP contribution is 2.32. The summed E-state index contributed by atoms with van der Waals surface area (Å²) in [4.78, 5) is 6.56. The molecule has 0 N–H and O–H groups in total. The van der Waals surface area contributed by atoms with Gasteiger partial charge in [0.15, 0.2) is 0 Å². The van der Waals surface area contributed by atoms with Crippen LogP contribution in [0.4, 0.5) is 0 Å². The Hall–Kier alpha value is -2.65. The molecule has 1 aromatic carbocycles. The van der Waals surface area contributed by atoms with E-state index in [1.807, 2.05) is 30.6 Å². The summed E-state index contributed by atoms with van der Waals surface area (Å²) in [5.74, 6) is 0. The molecule has 0 bridgehead atoms. The van der Waals surface area contributed by atoms with Crippen molar-refractivity contribution >= 4 is 23.2 Å². The van der Waals surface area contributed by atoms with E-state index in [2.05, 4.69) is 58.4 Å². The molecule has 126 valence electrons. The monoisotopic (exact) mass is 329 g/mol. The van der Waals surface area contributed by atoms with Crippen molar-refractivity contribution in [2.24, 2.45) is 0 Å². The molecule has 0 fully saturated rings. The van der Waals surface area contributed by atoms with Crippen LogP contribution in [-0.4, -0.2) is 27.5 Å². The molecule has 2 aromatic heterocycles. The summed E-state index contributed by atoms with van der Waals surface area (Å²) in [5.41, 5.74) is 6.67. The van der Waals surface area contributed by atoms with E-state index in [-0.39, 0.29) is 0 Å². The van der Waals surface area contributed by atoms with Crippen LogP contribution in [0.5, 0.6) is 0 Å². The molecular weight excluding hydrogens is 306 g/mol. The quantitative estimate of drug-likeness (QED) is 0.656. The Morgan fingerprint density at radius 3 is 2.84 bits per heavy atom. The Labute approximate surface area is 148 Å². The number of fused-ring (bicyclic) bond motifs is 3. The van der Waals surface area contributed by atoms with Gasteiger partial charge >= 0.3 is 0 Å². The average molecular weight is 329 g/mol. The first kappa shape index (κ1) is 15.9. The molecular formula is C22H23N3. The van der Waals surface area contributed by atoms with E-state index in [4.69, 9.17) is 0 Å². The predicted octanol–water partition coefficient (Wildman–Crippen LogP) is 4.52. The van der Waals surface area contributed by atoms with Gasteiger partial charge in [-0.2, -0.15) is 0 Å². The third-order valence-corrected chi connectivity index (χ3v) is 4.93. The third kappa shape index (κ3) is 3.03. The van der Waals surface area contributed by atoms with Crippen LogP contribution in [0.1, 0.15) is 22.4 Å². The number of nitrogens with zero attached hydrogens (tertiary/aromatic N) is 3. The van der Waals surface area contributed by atoms with Gasteiger partial charge in [0.2, 0.25) is 0 Å². The number of hydrogen-bond acceptors (Lipinski definition) is 2. The number of benzene rings is 1.